The molecular formula is C16H32N2O. The summed E-state index contributed by atoms with van der Waals surface area (Å²) in [5.41, 5.74) is 0. The third kappa shape index (κ3) is 7.56. The Hall–Kier alpha value is -0.570. The molecule has 1 amide bonds. The fraction of sp³-hybridized carbons (Fsp3) is 0.938. The van der Waals surface area contributed by atoms with Crippen molar-refractivity contribution in [3.63, 3.8) is 0 Å². The molecule has 1 rings (SSSR count). The zero-order valence-electron chi connectivity index (χ0n) is 12.9. The van der Waals surface area contributed by atoms with E-state index in [1.54, 1.807) is 0 Å². The van der Waals surface area contributed by atoms with Crippen molar-refractivity contribution in [2.24, 2.45) is 5.92 Å². The first-order valence-electron chi connectivity index (χ1n) is 8.25. The largest absolute Gasteiger partial charge is 0.356 e. The maximum absolute atomic E-state index is 11.7. The number of hydrogen-bond acceptors (Lipinski definition) is 2. The lowest BCUT2D eigenvalue weighted by Crippen LogP contribution is -2.30. The molecule has 3 heteroatoms. The predicted octanol–water partition coefficient (Wildman–Crippen LogP) is 3.20. The van der Waals surface area contributed by atoms with Crippen molar-refractivity contribution in [3.8, 4) is 0 Å². The molecule has 0 aliphatic heterocycles. The van der Waals surface area contributed by atoms with Crippen molar-refractivity contribution in [2.45, 2.75) is 65.2 Å². The average molecular weight is 268 g/mol. The number of hydrogen-bond donors (Lipinski definition) is 1. The Labute approximate surface area is 119 Å². The van der Waals surface area contributed by atoms with E-state index in [0.29, 0.717) is 0 Å². The summed E-state index contributed by atoms with van der Waals surface area (Å²) >= 11 is 0. The first-order chi connectivity index (χ1) is 9.26. The van der Waals surface area contributed by atoms with Gasteiger partial charge in [-0.25, -0.2) is 0 Å². The molecule has 0 aromatic rings. The molecule has 0 heterocycles. The number of nitrogens with one attached hydrogen (secondary N) is 1. The Morgan fingerprint density at radius 1 is 1.16 bits per heavy atom. The monoisotopic (exact) mass is 268 g/mol. The molecule has 0 aromatic heterocycles. The van der Waals surface area contributed by atoms with E-state index in [9.17, 15) is 4.79 Å². The maximum Gasteiger partial charge on any atom is 0.220 e. The van der Waals surface area contributed by atoms with Crippen LogP contribution in [0.2, 0.25) is 0 Å². The fourth-order valence-corrected chi connectivity index (χ4v) is 2.97. The second kappa shape index (κ2) is 10.2. The van der Waals surface area contributed by atoms with E-state index in [1.807, 2.05) is 0 Å². The van der Waals surface area contributed by atoms with Gasteiger partial charge in [0.15, 0.2) is 0 Å². The van der Waals surface area contributed by atoms with Crippen LogP contribution in [-0.2, 0) is 4.79 Å². The first kappa shape index (κ1) is 16.5. The highest BCUT2D eigenvalue weighted by Gasteiger charge is 2.14. The first-order valence-corrected chi connectivity index (χ1v) is 8.25. The van der Waals surface area contributed by atoms with Crippen LogP contribution >= 0.6 is 0 Å². The molecule has 1 aliphatic rings. The van der Waals surface area contributed by atoms with Crippen molar-refractivity contribution >= 4 is 5.91 Å². The minimum Gasteiger partial charge on any atom is -0.356 e. The SMILES string of the molecule is CCN(CC)CCCNC(=O)CCC1CCCCC1. The second-order valence-electron chi connectivity index (χ2n) is 5.77. The van der Waals surface area contributed by atoms with Crippen molar-refractivity contribution < 1.29 is 4.79 Å². The van der Waals surface area contributed by atoms with Crippen LogP contribution in [0.4, 0.5) is 0 Å². The lowest BCUT2D eigenvalue weighted by atomic mass is 9.86. The summed E-state index contributed by atoms with van der Waals surface area (Å²) in [4.78, 5) is 14.1. The zero-order chi connectivity index (χ0) is 13.9. The molecule has 1 N–H and O–H groups in total. The van der Waals surface area contributed by atoms with Gasteiger partial charge in [-0.05, 0) is 38.4 Å². The van der Waals surface area contributed by atoms with E-state index < -0.39 is 0 Å². The summed E-state index contributed by atoms with van der Waals surface area (Å²) in [5, 5.41) is 3.06. The zero-order valence-corrected chi connectivity index (χ0v) is 12.9. The highest BCUT2D eigenvalue weighted by Crippen LogP contribution is 2.27. The average Bonchev–Trinajstić information content (AvgIpc) is 2.46. The molecule has 0 aromatic carbocycles. The summed E-state index contributed by atoms with van der Waals surface area (Å²) < 4.78 is 0. The summed E-state index contributed by atoms with van der Waals surface area (Å²) in [7, 11) is 0. The van der Waals surface area contributed by atoms with Crippen LogP contribution in [0.25, 0.3) is 0 Å². The molecule has 0 spiro atoms. The van der Waals surface area contributed by atoms with Crippen LogP contribution in [0.5, 0.6) is 0 Å². The number of amides is 1. The van der Waals surface area contributed by atoms with Crippen LogP contribution in [0, 0.1) is 5.92 Å². The molecule has 0 unspecified atom stereocenters. The van der Waals surface area contributed by atoms with Crippen molar-refractivity contribution in [3.05, 3.63) is 0 Å². The van der Waals surface area contributed by atoms with E-state index in [-0.39, 0.29) is 5.91 Å². The van der Waals surface area contributed by atoms with Gasteiger partial charge in [-0.2, -0.15) is 0 Å². The Bertz CT molecular complexity index is 233. The predicted molar refractivity (Wildman–Crippen MR) is 81.2 cm³/mol. The van der Waals surface area contributed by atoms with Crippen LogP contribution in [-0.4, -0.2) is 37.0 Å². The van der Waals surface area contributed by atoms with Gasteiger partial charge < -0.3 is 10.2 Å². The molecule has 0 saturated heterocycles. The van der Waals surface area contributed by atoms with Crippen LogP contribution in [0.3, 0.4) is 0 Å². The fourth-order valence-electron chi connectivity index (χ4n) is 2.97. The van der Waals surface area contributed by atoms with Gasteiger partial charge in [0.1, 0.15) is 0 Å². The van der Waals surface area contributed by atoms with E-state index in [1.165, 1.54) is 32.1 Å². The molecule has 1 aliphatic carbocycles. The third-order valence-corrected chi connectivity index (χ3v) is 4.37. The van der Waals surface area contributed by atoms with Gasteiger partial charge in [0, 0.05) is 13.0 Å². The minimum absolute atomic E-state index is 0.255. The van der Waals surface area contributed by atoms with Gasteiger partial charge in [-0.1, -0.05) is 46.0 Å². The van der Waals surface area contributed by atoms with E-state index in [0.717, 1.165) is 51.4 Å². The smallest absolute Gasteiger partial charge is 0.220 e. The molecule has 0 bridgehead atoms. The molecule has 1 fully saturated rings. The summed E-state index contributed by atoms with van der Waals surface area (Å²) in [6, 6.07) is 0. The Morgan fingerprint density at radius 3 is 2.47 bits per heavy atom. The van der Waals surface area contributed by atoms with E-state index in [4.69, 9.17) is 0 Å². The molecule has 0 radical (unpaired) electrons. The van der Waals surface area contributed by atoms with Gasteiger partial charge in [-0.15, -0.1) is 0 Å². The highest BCUT2D eigenvalue weighted by atomic mass is 16.1. The number of rotatable bonds is 9. The van der Waals surface area contributed by atoms with Crippen LogP contribution in [0.15, 0.2) is 0 Å². The normalized spacial score (nSPS) is 16.8. The molecule has 1 saturated carbocycles. The van der Waals surface area contributed by atoms with Gasteiger partial charge in [0.25, 0.3) is 0 Å². The quantitative estimate of drug-likeness (QED) is 0.651. The Kier molecular flexibility index (Phi) is 8.89. The number of nitrogens with zero attached hydrogens (tertiary/aromatic N) is 1. The van der Waals surface area contributed by atoms with Crippen LogP contribution in [0.1, 0.15) is 65.2 Å². The minimum atomic E-state index is 0.255. The lowest BCUT2D eigenvalue weighted by molar-refractivity contribution is -0.121. The van der Waals surface area contributed by atoms with Crippen molar-refractivity contribution in [2.75, 3.05) is 26.2 Å². The van der Waals surface area contributed by atoms with Crippen molar-refractivity contribution in [1.29, 1.82) is 0 Å². The van der Waals surface area contributed by atoms with Gasteiger partial charge in [0.05, 0.1) is 0 Å². The number of carbonyl (C=O) groups excluding carboxylic acids is 1. The second-order valence-corrected chi connectivity index (χ2v) is 5.77. The van der Waals surface area contributed by atoms with E-state index in [2.05, 4.69) is 24.1 Å². The highest BCUT2D eigenvalue weighted by molar-refractivity contribution is 5.75. The molecule has 112 valence electrons. The van der Waals surface area contributed by atoms with Crippen molar-refractivity contribution in [1.82, 2.24) is 10.2 Å². The number of carbonyl (C=O) groups is 1. The molecular weight excluding hydrogens is 236 g/mol. The summed E-state index contributed by atoms with van der Waals surface area (Å²) in [6.45, 7) is 8.51. The standard InChI is InChI=1S/C16H32N2O/c1-3-18(4-2)14-8-13-17-16(19)12-11-15-9-6-5-7-10-15/h15H,3-14H2,1-2H3,(H,17,19). The summed E-state index contributed by atoms with van der Waals surface area (Å²) in [5.74, 6) is 1.07. The molecule has 3 nitrogen and oxygen atoms in total. The van der Waals surface area contributed by atoms with Crippen LogP contribution < -0.4 is 5.32 Å². The lowest BCUT2D eigenvalue weighted by Gasteiger charge is -2.21. The molecule has 0 atom stereocenters. The topological polar surface area (TPSA) is 32.3 Å². The van der Waals surface area contributed by atoms with Gasteiger partial charge in [0.2, 0.25) is 5.91 Å². The maximum atomic E-state index is 11.7. The van der Waals surface area contributed by atoms with Gasteiger partial charge in [-0.3, -0.25) is 4.79 Å². The molecule has 19 heavy (non-hydrogen) atoms. The third-order valence-electron chi connectivity index (χ3n) is 4.37. The Morgan fingerprint density at radius 2 is 1.84 bits per heavy atom. The van der Waals surface area contributed by atoms with Gasteiger partial charge >= 0.3 is 0 Å². The Balaban J connectivity index is 1.98. The summed E-state index contributed by atoms with van der Waals surface area (Å²) in [6.07, 6.45) is 9.72. The van der Waals surface area contributed by atoms with E-state index >= 15 is 0 Å².